The number of carbonyl (C=O) groups is 1. The topological polar surface area (TPSA) is 38.3 Å². The SMILES string of the molecule is Cc1ccc(CNC(=O)[C@@H](C)Oc2ccc3ccccc3c2)cc1. The molecule has 0 aliphatic carbocycles. The molecule has 24 heavy (non-hydrogen) atoms. The lowest BCUT2D eigenvalue weighted by molar-refractivity contribution is -0.127. The summed E-state index contributed by atoms with van der Waals surface area (Å²) in [5.74, 6) is 0.579. The van der Waals surface area contributed by atoms with E-state index in [1.54, 1.807) is 6.92 Å². The van der Waals surface area contributed by atoms with E-state index in [-0.39, 0.29) is 5.91 Å². The molecular formula is C21H21NO2. The van der Waals surface area contributed by atoms with E-state index < -0.39 is 6.10 Å². The summed E-state index contributed by atoms with van der Waals surface area (Å²) in [5, 5.41) is 5.16. The molecule has 0 aliphatic rings. The average Bonchev–Trinajstić information content (AvgIpc) is 2.61. The zero-order valence-corrected chi connectivity index (χ0v) is 14.0. The van der Waals surface area contributed by atoms with Gasteiger partial charge in [0.25, 0.3) is 5.91 Å². The van der Waals surface area contributed by atoms with Crippen LogP contribution in [0.25, 0.3) is 10.8 Å². The summed E-state index contributed by atoms with van der Waals surface area (Å²) in [6, 6.07) is 22.0. The zero-order chi connectivity index (χ0) is 16.9. The quantitative estimate of drug-likeness (QED) is 0.764. The van der Waals surface area contributed by atoms with Crippen molar-refractivity contribution in [1.82, 2.24) is 5.32 Å². The molecule has 122 valence electrons. The maximum atomic E-state index is 12.2. The van der Waals surface area contributed by atoms with Gasteiger partial charge in [-0.25, -0.2) is 0 Å². The van der Waals surface area contributed by atoms with E-state index in [0.717, 1.165) is 16.3 Å². The second-order valence-electron chi connectivity index (χ2n) is 5.97. The summed E-state index contributed by atoms with van der Waals surface area (Å²) >= 11 is 0. The van der Waals surface area contributed by atoms with Crippen molar-refractivity contribution in [2.24, 2.45) is 0 Å². The molecular weight excluding hydrogens is 298 g/mol. The van der Waals surface area contributed by atoms with Gasteiger partial charge < -0.3 is 10.1 Å². The first-order valence-electron chi connectivity index (χ1n) is 8.10. The van der Waals surface area contributed by atoms with Crippen LogP contribution in [0.4, 0.5) is 0 Å². The van der Waals surface area contributed by atoms with Crippen LogP contribution in [0.3, 0.4) is 0 Å². The molecule has 0 aromatic heterocycles. The fourth-order valence-electron chi connectivity index (χ4n) is 2.54. The number of hydrogen-bond donors (Lipinski definition) is 1. The average molecular weight is 319 g/mol. The lowest BCUT2D eigenvalue weighted by Gasteiger charge is -2.15. The third kappa shape index (κ3) is 3.93. The normalized spacial score (nSPS) is 11.9. The number of benzene rings is 3. The highest BCUT2D eigenvalue weighted by atomic mass is 16.5. The van der Waals surface area contributed by atoms with Crippen molar-refractivity contribution in [3.05, 3.63) is 77.9 Å². The largest absolute Gasteiger partial charge is 0.481 e. The minimum Gasteiger partial charge on any atom is -0.481 e. The van der Waals surface area contributed by atoms with E-state index >= 15 is 0 Å². The number of rotatable bonds is 5. The molecule has 1 N–H and O–H groups in total. The monoisotopic (exact) mass is 319 g/mol. The number of hydrogen-bond acceptors (Lipinski definition) is 2. The molecule has 3 aromatic rings. The summed E-state index contributed by atoms with van der Waals surface area (Å²) in [4.78, 5) is 12.2. The van der Waals surface area contributed by atoms with Crippen LogP contribution in [0, 0.1) is 6.92 Å². The fourth-order valence-corrected chi connectivity index (χ4v) is 2.54. The lowest BCUT2D eigenvalue weighted by atomic mass is 10.1. The Hall–Kier alpha value is -2.81. The molecule has 0 saturated carbocycles. The molecule has 3 rings (SSSR count). The number of aryl methyl sites for hydroxylation is 1. The van der Waals surface area contributed by atoms with Crippen LogP contribution >= 0.6 is 0 Å². The number of ether oxygens (including phenoxy) is 1. The second-order valence-corrected chi connectivity index (χ2v) is 5.97. The van der Waals surface area contributed by atoms with E-state index in [1.165, 1.54) is 5.56 Å². The molecule has 0 saturated heterocycles. The molecule has 3 heteroatoms. The van der Waals surface area contributed by atoms with Crippen molar-refractivity contribution in [2.75, 3.05) is 0 Å². The zero-order valence-electron chi connectivity index (χ0n) is 14.0. The smallest absolute Gasteiger partial charge is 0.261 e. The first-order chi connectivity index (χ1) is 11.6. The highest BCUT2D eigenvalue weighted by molar-refractivity contribution is 5.84. The third-order valence-corrected chi connectivity index (χ3v) is 3.99. The van der Waals surface area contributed by atoms with E-state index in [0.29, 0.717) is 12.3 Å². The summed E-state index contributed by atoms with van der Waals surface area (Å²) in [7, 11) is 0. The van der Waals surface area contributed by atoms with Crippen LogP contribution in [0.1, 0.15) is 18.1 Å². The van der Waals surface area contributed by atoms with Gasteiger partial charge in [-0.1, -0.05) is 60.2 Å². The van der Waals surface area contributed by atoms with Gasteiger partial charge in [0, 0.05) is 6.54 Å². The van der Waals surface area contributed by atoms with Gasteiger partial charge in [-0.05, 0) is 42.3 Å². The molecule has 0 radical (unpaired) electrons. The van der Waals surface area contributed by atoms with Crippen molar-refractivity contribution in [1.29, 1.82) is 0 Å². The maximum Gasteiger partial charge on any atom is 0.261 e. The predicted octanol–water partition coefficient (Wildman–Crippen LogP) is 4.23. The Morgan fingerprint density at radius 3 is 2.46 bits per heavy atom. The van der Waals surface area contributed by atoms with Crippen molar-refractivity contribution >= 4 is 16.7 Å². The van der Waals surface area contributed by atoms with E-state index in [9.17, 15) is 4.79 Å². The Morgan fingerprint density at radius 2 is 1.71 bits per heavy atom. The van der Waals surface area contributed by atoms with Crippen molar-refractivity contribution < 1.29 is 9.53 Å². The number of nitrogens with one attached hydrogen (secondary N) is 1. The summed E-state index contributed by atoms with van der Waals surface area (Å²) in [6.45, 7) is 4.31. The Kier molecular flexibility index (Phi) is 4.80. The lowest BCUT2D eigenvalue weighted by Crippen LogP contribution is -2.35. The van der Waals surface area contributed by atoms with Gasteiger partial charge in [-0.15, -0.1) is 0 Å². The number of fused-ring (bicyclic) bond motifs is 1. The van der Waals surface area contributed by atoms with Gasteiger partial charge in [-0.3, -0.25) is 4.79 Å². The Balaban J connectivity index is 1.59. The minimum absolute atomic E-state index is 0.122. The van der Waals surface area contributed by atoms with Crippen molar-refractivity contribution in [2.45, 2.75) is 26.5 Å². The molecule has 0 bridgehead atoms. The molecule has 3 nitrogen and oxygen atoms in total. The summed E-state index contributed by atoms with van der Waals surface area (Å²) in [6.07, 6.45) is -0.545. The van der Waals surface area contributed by atoms with E-state index in [1.807, 2.05) is 67.6 Å². The highest BCUT2D eigenvalue weighted by Gasteiger charge is 2.14. The number of amides is 1. The first-order valence-corrected chi connectivity index (χ1v) is 8.10. The van der Waals surface area contributed by atoms with Gasteiger partial charge in [0.05, 0.1) is 0 Å². The Bertz CT molecular complexity index is 840. The van der Waals surface area contributed by atoms with Crippen molar-refractivity contribution in [3.63, 3.8) is 0 Å². The van der Waals surface area contributed by atoms with Crippen LogP contribution in [0.5, 0.6) is 5.75 Å². The predicted molar refractivity (Wildman–Crippen MR) is 97.1 cm³/mol. The van der Waals surface area contributed by atoms with Crippen LogP contribution in [0.2, 0.25) is 0 Å². The molecule has 1 amide bonds. The molecule has 0 spiro atoms. The van der Waals surface area contributed by atoms with Gasteiger partial charge in [0.1, 0.15) is 5.75 Å². The van der Waals surface area contributed by atoms with Gasteiger partial charge in [-0.2, -0.15) is 0 Å². The Morgan fingerprint density at radius 1 is 1.00 bits per heavy atom. The second kappa shape index (κ2) is 7.18. The van der Waals surface area contributed by atoms with Crippen LogP contribution in [-0.4, -0.2) is 12.0 Å². The highest BCUT2D eigenvalue weighted by Crippen LogP contribution is 2.21. The molecule has 0 aliphatic heterocycles. The fraction of sp³-hybridized carbons (Fsp3) is 0.190. The summed E-state index contributed by atoms with van der Waals surface area (Å²) in [5.41, 5.74) is 2.28. The van der Waals surface area contributed by atoms with Crippen LogP contribution in [-0.2, 0) is 11.3 Å². The molecule has 0 fully saturated rings. The third-order valence-electron chi connectivity index (χ3n) is 3.99. The van der Waals surface area contributed by atoms with E-state index in [2.05, 4.69) is 11.4 Å². The summed E-state index contributed by atoms with van der Waals surface area (Å²) < 4.78 is 5.78. The first kappa shape index (κ1) is 16.1. The molecule has 1 atom stereocenters. The van der Waals surface area contributed by atoms with Crippen molar-refractivity contribution in [3.8, 4) is 5.75 Å². The standard InChI is InChI=1S/C21H21NO2/c1-15-7-9-17(10-8-15)14-22-21(23)16(2)24-20-12-11-18-5-3-4-6-19(18)13-20/h3-13,16H,14H2,1-2H3,(H,22,23)/t16-/m1/s1. The van der Waals surface area contributed by atoms with Gasteiger partial charge >= 0.3 is 0 Å². The Labute approximate surface area is 142 Å². The number of carbonyl (C=O) groups excluding carboxylic acids is 1. The maximum absolute atomic E-state index is 12.2. The molecule has 0 unspecified atom stereocenters. The van der Waals surface area contributed by atoms with Gasteiger partial charge in [0.15, 0.2) is 6.10 Å². The van der Waals surface area contributed by atoms with Gasteiger partial charge in [0.2, 0.25) is 0 Å². The molecule has 3 aromatic carbocycles. The minimum atomic E-state index is -0.545. The van der Waals surface area contributed by atoms with E-state index in [4.69, 9.17) is 4.74 Å². The van der Waals surface area contributed by atoms with Crippen LogP contribution in [0.15, 0.2) is 66.7 Å². The van der Waals surface area contributed by atoms with Crippen LogP contribution < -0.4 is 10.1 Å². The molecule has 0 heterocycles.